The molecule has 0 saturated carbocycles. The predicted octanol–water partition coefficient (Wildman–Crippen LogP) is 1.90. The highest BCUT2D eigenvalue weighted by Crippen LogP contribution is 2.26. The van der Waals surface area contributed by atoms with Crippen LogP contribution < -0.4 is 11.3 Å². The first-order valence-corrected chi connectivity index (χ1v) is 5.44. The van der Waals surface area contributed by atoms with Crippen molar-refractivity contribution in [3.63, 3.8) is 0 Å². The van der Waals surface area contributed by atoms with E-state index < -0.39 is 0 Å². The SMILES string of the molecule is C#CC(CSc1ccccc1Cl)NN. The highest BCUT2D eigenvalue weighted by molar-refractivity contribution is 7.99. The second kappa shape index (κ2) is 5.94. The smallest absolute Gasteiger partial charge is 0.0908 e. The average Bonchev–Trinajstić information content (AvgIpc) is 2.22. The van der Waals surface area contributed by atoms with Crippen LogP contribution in [0.4, 0.5) is 0 Å². The van der Waals surface area contributed by atoms with Crippen molar-refractivity contribution in [2.75, 3.05) is 5.75 Å². The number of benzene rings is 1. The Morgan fingerprint density at radius 2 is 2.29 bits per heavy atom. The zero-order valence-electron chi connectivity index (χ0n) is 7.53. The Kier molecular flexibility index (Phi) is 4.85. The van der Waals surface area contributed by atoms with E-state index in [1.807, 2.05) is 24.3 Å². The third-order valence-electron chi connectivity index (χ3n) is 1.64. The van der Waals surface area contributed by atoms with Gasteiger partial charge >= 0.3 is 0 Å². The van der Waals surface area contributed by atoms with Crippen molar-refractivity contribution in [1.82, 2.24) is 5.43 Å². The third kappa shape index (κ3) is 3.24. The van der Waals surface area contributed by atoms with Crippen molar-refractivity contribution < 1.29 is 0 Å². The maximum absolute atomic E-state index is 5.97. The minimum Gasteiger partial charge on any atom is -0.270 e. The summed E-state index contributed by atoms with van der Waals surface area (Å²) in [5.41, 5.74) is 2.54. The molecule has 4 heteroatoms. The van der Waals surface area contributed by atoms with Gasteiger partial charge in [0.1, 0.15) is 0 Å². The Morgan fingerprint density at radius 1 is 1.57 bits per heavy atom. The molecule has 1 aromatic carbocycles. The minimum atomic E-state index is -0.128. The molecule has 0 radical (unpaired) electrons. The van der Waals surface area contributed by atoms with Crippen LogP contribution in [0.25, 0.3) is 0 Å². The first-order chi connectivity index (χ1) is 6.77. The van der Waals surface area contributed by atoms with E-state index in [-0.39, 0.29) is 6.04 Å². The summed E-state index contributed by atoms with van der Waals surface area (Å²) < 4.78 is 0. The van der Waals surface area contributed by atoms with Gasteiger partial charge in [0.05, 0.1) is 11.1 Å². The fraction of sp³-hybridized carbons (Fsp3) is 0.200. The van der Waals surface area contributed by atoms with E-state index in [9.17, 15) is 0 Å². The Morgan fingerprint density at radius 3 is 2.86 bits per heavy atom. The van der Waals surface area contributed by atoms with Crippen LogP contribution in [0.3, 0.4) is 0 Å². The van der Waals surface area contributed by atoms with E-state index in [1.54, 1.807) is 11.8 Å². The topological polar surface area (TPSA) is 38.0 Å². The molecule has 0 aliphatic carbocycles. The van der Waals surface area contributed by atoms with Crippen LogP contribution in [0, 0.1) is 12.3 Å². The van der Waals surface area contributed by atoms with Gasteiger partial charge in [0, 0.05) is 10.6 Å². The summed E-state index contributed by atoms with van der Waals surface area (Å²) >= 11 is 7.56. The number of hydrogen-bond acceptors (Lipinski definition) is 3. The molecule has 1 unspecified atom stereocenters. The molecule has 0 aliphatic rings. The molecule has 0 spiro atoms. The van der Waals surface area contributed by atoms with Crippen LogP contribution in [-0.2, 0) is 0 Å². The van der Waals surface area contributed by atoms with Gasteiger partial charge in [-0.2, -0.15) is 0 Å². The van der Waals surface area contributed by atoms with Crippen molar-refractivity contribution in [2.24, 2.45) is 5.84 Å². The van der Waals surface area contributed by atoms with Crippen LogP contribution in [0.2, 0.25) is 5.02 Å². The molecule has 0 fully saturated rings. The molecule has 1 aromatic rings. The van der Waals surface area contributed by atoms with Gasteiger partial charge < -0.3 is 0 Å². The quantitative estimate of drug-likeness (QED) is 0.357. The third-order valence-corrected chi connectivity index (χ3v) is 3.25. The van der Waals surface area contributed by atoms with Crippen molar-refractivity contribution in [1.29, 1.82) is 0 Å². The van der Waals surface area contributed by atoms with Crippen LogP contribution >= 0.6 is 23.4 Å². The highest BCUT2D eigenvalue weighted by atomic mass is 35.5. The van der Waals surface area contributed by atoms with Crippen LogP contribution in [0.5, 0.6) is 0 Å². The van der Waals surface area contributed by atoms with Crippen LogP contribution in [0.1, 0.15) is 0 Å². The summed E-state index contributed by atoms with van der Waals surface area (Å²) in [5, 5.41) is 0.741. The molecule has 0 aromatic heterocycles. The molecule has 0 heterocycles. The van der Waals surface area contributed by atoms with Crippen LogP contribution in [-0.4, -0.2) is 11.8 Å². The summed E-state index contributed by atoms with van der Waals surface area (Å²) in [6, 6.07) is 7.51. The largest absolute Gasteiger partial charge is 0.270 e. The molecular formula is C10H11ClN2S. The van der Waals surface area contributed by atoms with Gasteiger partial charge in [-0.1, -0.05) is 29.7 Å². The second-order valence-corrected chi connectivity index (χ2v) is 4.10. The number of thioether (sulfide) groups is 1. The fourth-order valence-corrected chi connectivity index (χ4v) is 2.10. The Bertz CT molecular complexity index is 335. The molecule has 14 heavy (non-hydrogen) atoms. The Labute approximate surface area is 93.2 Å². The summed E-state index contributed by atoms with van der Waals surface area (Å²) in [6.45, 7) is 0. The first kappa shape index (κ1) is 11.4. The van der Waals surface area contributed by atoms with Crippen molar-refractivity contribution >= 4 is 23.4 Å². The monoisotopic (exact) mass is 226 g/mol. The van der Waals surface area contributed by atoms with E-state index in [2.05, 4.69) is 11.3 Å². The zero-order chi connectivity index (χ0) is 10.4. The lowest BCUT2D eigenvalue weighted by Gasteiger charge is -2.08. The number of terminal acetylenes is 1. The number of hydrogen-bond donors (Lipinski definition) is 2. The van der Waals surface area contributed by atoms with Gasteiger partial charge in [-0.3, -0.25) is 5.84 Å². The molecule has 1 rings (SSSR count). The maximum Gasteiger partial charge on any atom is 0.0908 e. The van der Waals surface area contributed by atoms with Gasteiger partial charge in [-0.15, -0.1) is 18.2 Å². The molecule has 0 amide bonds. The van der Waals surface area contributed by atoms with E-state index in [4.69, 9.17) is 23.9 Å². The van der Waals surface area contributed by atoms with Gasteiger partial charge in [-0.25, -0.2) is 5.43 Å². The Hall–Kier alpha value is -0.660. The van der Waals surface area contributed by atoms with Crippen molar-refractivity contribution in [2.45, 2.75) is 10.9 Å². The van der Waals surface area contributed by atoms with Gasteiger partial charge in [0.15, 0.2) is 0 Å². The number of nitrogens with two attached hydrogens (primary N) is 1. The van der Waals surface area contributed by atoms with Gasteiger partial charge in [0.25, 0.3) is 0 Å². The summed E-state index contributed by atoms with van der Waals surface area (Å²) in [4.78, 5) is 1.02. The van der Waals surface area contributed by atoms with E-state index in [1.165, 1.54) is 0 Å². The van der Waals surface area contributed by atoms with E-state index >= 15 is 0 Å². The molecule has 74 valence electrons. The number of hydrazine groups is 1. The van der Waals surface area contributed by atoms with Gasteiger partial charge in [-0.05, 0) is 12.1 Å². The fourth-order valence-electron chi connectivity index (χ4n) is 0.879. The second-order valence-electron chi connectivity index (χ2n) is 2.63. The molecule has 2 nitrogen and oxygen atoms in total. The maximum atomic E-state index is 5.97. The van der Waals surface area contributed by atoms with Crippen molar-refractivity contribution in [3.8, 4) is 12.3 Å². The lowest BCUT2D eigenvalue weighted by Crippen LogP contribution is -2.35. The standard InChI is InChI=1S/C10H11ClN2S/c1-2-8(13-12)7-14-10-6-4-3-5-9(10)11/h1,3-6,8,13H,7,12H2. The van der Waals surface area contributed by atoms with Gasteiger partial charge in [0.2, 0.25) is 0 Å². The summed E-state index contributed by atoms with van der Waals surface area (Å²) in [6.07, 6.45) is 5.25. The lowest BCUT2D eigenvalue weighted by atomic mass is 10.4. The highest BCUT2D eigenvalue weighted by Gasteiger charge is 2.04. The molecule has 1 atom stereocenters. The Balaban J connectivity index is 2.54. The zero-order valence-corrected chi connectivity index (χ0v) is 9.11. The average molecular weight is 227 g/mol. The lowest BCUT2D eigenvalue weighted by molar-refractivity contribution is 0.694. The van der Waals surface area contributed by atoms with Crippen molar-refractivity contribution in [3.05, 3.63) is 29.3 Å². The summed E-state index contributed by atoms with van der Waals surface area (Å²) in [7, 11) is 0. The minimum absolute atomic E-state index is 0.128. The number of rotatable bonds is 4. The first-order valence-electron chi connectivity index (χ1n) is 4.07. The number of halogens is 1. The molecular weight excluding hydrogens is 216 g/mol. The number of nitrogens with one attached hydrogen (secondary N) is 1. The normalized spacial score (nSPS) is 12.1. The molecule has 0 bridgehead atoms. The van der Waals surface area contributed by atoms with E-state index in [0.29, 0.717) is 5.75 Å². The molecule has 3 N–H and O–H groups in total. The predicted molar refractivity (Wildman–Crippen MR) is 62.1 cm³/mol. The van der Waals surface area contributed by atoms with Crippen LogP contribution in [0.15, 0.2) is 29.2 Å². The molecule has 0 saturated heterocycles. The summed E-state index contributed by atoms with van der Waals surface area (Å²) in [5.74, 6) is 8.49. The molecule has 0 aliphatic heterocycles. The van der Waals surface area contributed by atoms with E-state index in [0.717, 1.165) is 9.92 Å².